The molecule has 0 aromatic heterocycles. The lowest BCUT2D eigenvalue weighted by Gasteiger charge is -2.21. The average Bonchev–Trinajstić information content (AvgIpc) is 3.26. The summed E-state index contributed by atoms with van der Waals surface area (Å²) in [6.45, 7) is -0.174. The van der Waals surface area contributed by atoms with Gasteiger partial charge in [-0.2, -0.15) is 4.31 Å². The van der Waals surface area contributed by atoms with Crippen LogP contribution in [0.25, 0.3) is 0 Å². The van der Waals surface area contributed by atoms with Gasteiger partial charge in [-0.05, 0) is 31.0 Å². The quantitative estimate of drug-likeness (QED) is 0.765. The highest BCUT2D eigenvalue weighted by Crippen LogP contribution is 2.32. The smallest absolute Gasteiger partial charge is 0.246 e. The molecule has 21 heavy (non-hydrogen) atoms. The fourth-order valence-electron chi connectivity index (χ4n) is 2.03. The van der Waals surface area contributed by atoms with Gasteiger partial charge in [-0.3, -0.25) is 0 Å². The summed E-state index contributed by atoms with van der Waals surface area (Å²) in [6.07, 6.45) is 1.47. The summed E-state index contributed by atoms with van der Waals surface area (Å²) in [5.41, 5.74) is 5.61. The Kier molecular flexibility index (Phi) is 4.96. The van der Waals surface area contributed by atoms with E-state index in [0.717, 1.165) is 23.2 Å². The number of aliphatic hydroxyl groups is 1. The number of benzene rings is 1. The van der Waals surface area contributed by atoms with Crippen LogP contribution in [0.15, 0.2) is 23.1 Å². The SMILES string of the molecule is NCC#Cc1ccc(S(=O)(=O)N(CCO)C2CC2)c(F)c1. The number of nitrogens with zero attached hydrogens (tertiary/aromatic N) is 1. The Morgan fingerprint density at radius 1 is 1.43 bits per heavy atom. The van der Waals surface area contributed by atoms with Gasteiger partial charge in [0, 0.05) is 18.2 Å². The standard InChI is InChI=1S/C14H17FN2O3S/c15-13-10-11(2-1-7-16)3-6-14(13)21(19,20)17(8-9-18)12-4-5-12/h3,6,10,12,18H,4-5,7-9,16H2. The number of halogens is 1. The van der Waals surface area contributed by atoms with Crippen molar-refractivity contribution in [2.45, 2.75) is 23.8 Å². The Bertz CT molecular complexity index is 675. The van der Waals surface area contributed by atoms with E-state index in [2.05, 4.69) is 11.8 Å². The van der Waals surface area contributed by atoms with Crippen molar-refractivity contribution in [2.75, 3.05) is 19.7 Å². The first-order valence-corrected chi connectivity index (χ1v) is 8.06. The van der Waals surface area contributed by atoms with Crippen LogP contribution >= 0.6 is 0 Å². The molecule has 0 atom stereocenters. The first-order chi connectivity index (χ1) is 10.0. The van der Waals surface area contributed by atoms with Crippen molar-refractivity contribution in [3.05, 3.63) is 29.6 Å². The molecule has 1 aliphatic carbocycles. The van der Waals surface area contributed by atoms with Crippen LogP contribution in [0.1, 0.15) is 18.4 Å². The highest BCUT2D eigenvalue weighted by atomic mass is 32.2. The van der Waals surface area contributed by atoms with Gasteiger partial charge in [-0.1, -0.05) is 11.8 Å². The zero-order chi connectivity index (χ0) is 15.5. The number of sulfonamides is 1. The molecule has 2 rings (SSSR count). The van der Waals surface area contributed by atoms with Crippen molar-refractivity contribution in [2.24, 2.45) is 5.73 Å². The zero-order valence-electron chi connectivity index (χ0n) is 11.4. The van der Waals surface area contributed by atoms with Gasteiger partial charge in [0.2, 0.25) is 10.0 Å². The van der Waals surface area contributed by atoms with Crippen molar-refractivity contribution < 1.29 is 17.9 Å². The van der Waals surface area contributed by atoms with E-state index in [9.17, 15) is 12.8 Å². The fourth-order valence-corrected chi connectivity index (χ4v) is 3.75. The monoisotopic (exact) mass is 312 g/mol. The van der Waals surface area contributed by atoms with Crippen molar-refractivity contribution in [1.82, 2.24) is 4.31 Å². The van der Waals surface area contributed by atoms with Crippen LogP contribution in [0.5, 0.6) is 0 Å². The maximum absolute atomic E-state index is 14.1. The van der Waals surface area contributed by atoms with E-state index in [1.54, 1.807) is 0 Å². The van der Waals surface area contributed by atoms with E-state index < -0.39 is 15.8 Å². The van der Waals surface area contributed by atoms with Gasteiger partial charge in [0.15, 0.2) is 0 Å². The van der Waals surface area contributed by atoms with E-state index in [4.69, 9.17) is 10.8 Å². The first-order valence-electron chi connectivity index (χ1n) is 6.62. The summed E-state index contributed by atoms with van der Waals surface area (Å²) < 4.78 is 40.2. The van der Waals surface area contributed by atoms with E-state index in [0.29, 0.717) is 5.56 Å². The third-order valence-corrected chi connectivity index (χ3v) is 5.11. The highest BCUT2D eigenvalue weighted by molar-refractivity contribution is 7.89. The van der Waals surface area contributed by atoms with E-state index in [-0.39, 0.29) is 30.6 Å². The molecule has 0 aliphatic heterocycles. The van der Waals surface area contributed by atoms with Crippen molar-refractivity contribution in [1.29, 1.82) is 0 Å². The largest absolute Gasteiger partial charge is 0.395 e. The number of nitrogens with two attached hydrogens (primary N) is 1. The Labute approximate surface area is 123 Å². The second kappa shape index (κ2) is 6.54. The van der Waals surface area contributed by atoms with Gasteiger partial charge in [-0.15, -0.1) is 0 Å². The molecule has 5 nitrogen and oxygen atoms in total. The third-order valence-electron chi connectivity index (χ3n) is 3.13. The van der Waals surface area contributed by atoms with Gasteiger partial charge < -0.3 is 10.8 Å². The molecule has 1 saturated carbocycles. The van der Waals surface area contributed by atoms with Gasteiger partial charge >= 0.3 is 0 Å². The van der Waals surface area contributed by atoms with E-state index in [1.165, 1.54) is 12.1 Å². The van der Waals surface area contributed by atoms with Crippen molar-refractivity contribution in [3.63, 3.8) is 0 Å². The molecule has 1 aliphatic rings. The third kappa shape index (κ3) is 3.60. The van der Waals surface area contributed by atoms with Crippen LogP contribution in [-0.4, -0.2) is 43.6 Å². The zero-order valence-corrected chi connectivity index (χ0v) is 12.2. The molecule has 7 heteroatoms. The fraction of sp³-hybridized carbons (Fsp3) is 0.429. The van der Waals surface area contributed by atoms with Crippen LogP contribution in [-0.2, 0) is 10.0 Å². The molecule has 0 unspecified atom stereocenters. The summed E-state index contributed by atoms with van der Waals surface area (Å²) in [6, 6.07) is 3.60. The molecule has 114 valence electrons. The molecule has 1 fully saturated rings. The maximum Gasteiger partial charge on any atom is 0.246 e. The summed E-state index contributed by atoms with van der Waals surface area (Å²) in [5.74, 6) is 4.38. The Morgan fingerprint density at radius 2 is 2.14 bits per heavy atom. The van der Waals surface area contributed by atoms with Crippen LogP contribution < -0.4 is 5.73 Å². The molecule has 1 aromatic carbocycles. The molecule has 0 bridgehead atoms. The summed E-state index contributed by atoms with van der Waals surface area (Å²) >= 11 is 0. The molecule has 3 N–H and O–H groups in total. The Balaban J connectivity index is 2.35. The highest BCUT2D eigenvalue weighted by Gasteiger charge is 2.38. The van der Waals surface area contributed by atoms with Crippen molar-refractivity contribution >= 4 is 10.0 Å². The molecule has 0 radical (unpaired) electrons. The topological polar surface area (TPSA) is 83.6 Å². The summed E-state index contributed by atoms with van der Waals surface area (Å²) in [4.78, 5) is -0.388. The molecule has 0 spiro atoms. The van der Waals surface area contributed by atoms with Crippen molar-refractivity contribution in [3.8, 4) is 11.8 Å². The molecule has 0 heterocycles. The number of hydrogen-bond acceptors (Lipinski definition) is 4. The summed E-state index contributed by atoms with van der Waals surface area (Å²) in [5, 5.41) is 9.00. The molecule has 0 saturated heterocycles. The average molecular weight is 312 g/mol. The second-order valence-electron chi connectivity index (χ2n) is 4.72. The maximum atomic E-state index is 14.1. The van der Waals surface area contributed by atoms with Gasteiger partial charge in [0.05, 0.1) is 13.2 Å². The number of aliphatic hydroxyl groups excluding tert-OH is 1. The predicted octanol–water partition coefficient (Wildman–Crippen LogP) is 0.281. The summed E-state index contributed by atoms with van der Waals surface area (Å²) in [7, 11) is -3.94. The molecule has 1 aromatic rings. The van der Waals surface area contributed by atoms with Crippen LogP contribution in [0.4, 0.5) is 4.39 Å². The van der Waals surface area contributed by atoms with Gasteiger partial charge in [-0.25, -0.2) is 12.8 Å². The Morgan fingerprint density at radius 3 is 2.67 bits per heavy atom. The van der Waals surface area contributed by atoms with E-state index >= 15 is 0 Å². The van der Waals surface area contributed by atoms with Crippen LogP contribution in [0.3, 0.4) is 0 Å². The van der Waals surface area contributed by atoms with Gasteiger partial charge in [0.25, 0.3) is 0 Å². The molecular weight excluding hydrogens is 295 g/mol. The lowest BCUT2D eigenvalue weighted by Crippen LogP contribution is -2.36. The minimum absolute atomic E-state index is 0.0266. The lowest BCUT2D eigenvalue weighted by atomic mass is 10.2. The predicted molar refractivity (Wildman–Crippen MR) is 76.3 cm³/mol. The second-order valence-corrected chi connectivity index (χ2v) is 6.58. The minimum Gasteiger partial charge on any atom is -0.395 e. The van der Waals surface area contributed by atoms with Crippen LogP contribution in [0.2, 0.25) is 0 Å². The van der Waals surface area contributed by atoms with Gasteiger partial charge in [0.1, 0.15) is 10.7 Å². The first kappa shape index (κ1) is 15.9. The van der Waals surface area contributed by atoms with Crippen LogP contribution in [0, 0.1) is 17.7 Å². The number of hydrogen-bond donors (Lipinski definition) is 2. The molecule has 0 amide bonds. The minimum atomic E-state index is -3.94. The normalized spacial score (nSPS) is 14.9. The lowest BCUT2D eigenvalue weighted by molar-refractivity contribution is 0.250. The number of rotatable bonds is 5. The molecular formula is C14H17FN2O3S. The van der Waals surface area contributed by atoms with E-state index in [1.807, 2.05) is 0 Å². The Hall–Kier alpha value is -1.46.